The van der Waals surface area contributed by atoms with Gasteiger partial charge in [0.25, 0.3) is 0 Å². The predicted octanol–water partition coefficient (Wildman–Crippen LogP) is 3.15. The number of hydrogen-bond acceptors (Lipinski definition) is 2. The van der Waals surface area contributed by atoms with Crippen molar-refractivity contribution in [3.63, 3.8) is 0 Å². The van der Waals surface area contributed by atoms with E-state index in [1.165, 1.54) is 11.1 Å². The molecule has 2 aromatic rings. The molecule has 0 bridgehead atoms. The number of nitrogens with zero attached hydrogens (tertiary/aromatic N) is 1. The van der Waals surface area contributed by atoms with Gasteiger partial charge in [0.2, 0.25) is 0 Å². The number of rotatable bonds is 3. The highest BCUT2D eigenvalue weighted by molar-refractivity contribution is 5.34. The highest BCUT2D eigenvalue weighted by Crippen LogP contribution is 2.26. The molecular formula is C16H19NO. The molecule has 0 aliphatic heterocycles. The van der Waals surface area contributed by atoms with Crippen molar-refractivity contribution >= 4 is 0 Å². The minimum absolute atomic E-state index is 0.573. The third kappa shape index (κ3) is 2.77. The fourth-order valence-electron chi connectivity index (χ4n) is 2.08. The minimum atomic E-state index is -0.860. The Bertz CT molecular complexity index is 532. The van der Waals surface area contributed by atoms with Crippen LogP contribution in [0.1, 0.15) is 29.2 Å². The lowest BCUT2D eigenvalue weighted by molar-refractivity contribution is 0.0575. The fraction of sp³-hybridized carbons (Fsp3) is 0.312. The summed E-state index contributed by atoms with van der Waals surface area (Å²) in [4.78, 5) is 4.08. The smallest absolute Gasteiger partial charge is 0.0909 e. The Labute approximate surface area is 108 Å². The monoisotopic (exact) mass is 241 g/mol. The first kappa shape index (κ1) is 12.8. The van der Waals surface area contributed by atoms with Crippen molar-refractivity contribution in [2.75, 3.05) is 0 Å². The van der Waals surface area contributed by atoms with Gasteiger partial charge in [-0.3, -0.25) is 4.98 Å². The van der Waals surface area contributed by atoms with Crippen LogP contribution < -0.4 is 0 Å². The van der Waals surface area contributed by atoms with E-state index in [-0.39, 0.29) is 0 Å². The van der Waals surface area contributed by atoms with Gasteiger partial charge in [0.15, 0.2) is 0 Å². The second kappa shape index (κ2) is 4.91. The van der Waals surface area contributed by atoms with Crippen LogP contribution in [0, 0.1) is 13.8 Å². The Hall–Kier alpha value is -1.67. The molecule has 0 amide bonds. The highest BCUT2D eigenvalue weighted by atomic mass is 16.3. The molecule has 1 unspecified atom stereocenters. The lowest BCUT2D eigenvalue weighted by Crippen LogP contribution is -2.24. The summed E-state index contributed by atoms with van der Waals surface area (Å²) in [5.41, 5.74) is 3.59. The SMILES string of the molecule is Cc1ccc(C(C)(O)Cc2cccnc2)cc1C. The molecule has 0 aliphatic rings. The number of benzene rings is 1. The minimum Gasteiger partial charge on any atom is -0.385 e. The van der Waals surface area contributed by atoms with E-state index in [4.69, 9.17) is 0 Å². The standard InChI is InChI=1S/C16H19NO/c1-12-6-7-15(9-13(12)2)16(3,18)10-14-5-4-8-17-11-14/h4-9,11,18H,10H2,1-3H3. The van der Waals surface area contributed by atoms with Gasteiger partial charge in [-0.25, -0.2) is 0 Å². The van der Waals surface area contributed by atoms with Crippen LogP contribution in [0.4, 0.5) is 0 Å². The average Bonchev–Trinajstić information content (AvgIpc) is 2.33. The first-order chi connectivity index (χ1) is 8.49. The fourth-order valence-corrected chi connectivity index (χ4v) is 2.08. The largest absolute Gasteiger partial charge is 0.385 e. The molecule has 2 rings (SSSR count). The Kier molecular flexibility index (Phi) is 3.48. The van der Waals surface area contributed by atoms with Gasteiger partial charge in [-0.15, -0.1) is 0 Å². The zero-order valence-corrected chi connectivity index (χ0v) is 11.1. The lowest BCUT2D eigenvalue weighted by atomic mass is 9.88. The molecule has 1 aromatic carbocycles. The van der Waals surface area contributed by atoms with E-state index >= 15 is 0 Å². The Morgan fingerprint density at radius 3 is 2.56 bits per heavy atom. The Morgan fingerprint density at radius 1 is 1.17 bits per heavy atom. The summed E-state index contributed by atoms with van der Waals surface area (Å²) in [5, 5.41) is 10.6. The first-order valence-electron chi connectivity index (χ1n) is 6.18. The van der Waals surface area contributed by atoms with E-state index in [0.29, 0.717) is 6.42 Å². The highest BCUT2D eigenvalue weighted by Gasteiger charge is 2.23. The molecule has 0 saturated heterocycles. The van der Waals surface area contributed by atoms with Crippen molar-refractivity contribution in [1.82, 2.24) is 4.98 Å². The maximum atomic E-state index is 10.6. The summed E-state index contributed by atoms with van der Waals surface area (Å²) in [5.74, 6) is 0. The van der Waals surface area contributed by atoms with Crippen molar-refractivity contribution < 1.29 is 5.11 Å². The van der Waals surface area contributed by atoms with Gasteiger partial charge in [0, 0.05) is 18.8 Å². The number of aryl methyl sites for hydroxylation is 2. The van der Waals surface area contributed by atoms with Crippen molar-refractivity contribution in [3.05, 3.63) is 65.0 Å². The van der Waals surface area contributed by atoms with Crippen molar-refractivity contribution in [3.8, 4) is 0 Å². The molecule has 1 heterocycles. The molecule has 2 heteroatoms. The van der Waals surface area contributed by atoms with E-state index < -0.39 is 5.60 Å². The van der Waals surface area contributed by atoms with E-state index in [2.05, 4.69) is 31.0 Å². The molecule has 0 saturated carbocycles. The maximum absolute atomic E-state index is 10.6. The third-order valence-electron chi connectivity index (χ3n) is 3.40. The van der Waals surface area contributed by atoms with E-state index in [9.17, 15) is 5.11 Å². The summed E-state index contributed by atoms with van der Waals surface area (Å²) in [6.45, 7) is 6.00. The van der Waals surface area contributed by atoms with E-state index in [0.717, 1.165) is 11.1 Å². The van der Waals surface area contributed by atoms with E-state index in [1.54, 1.807) is 12.4 Å². The van der Waals surface area contributed by atoms with Crippen LogP contribution in [0.25, 0.3) is 0 Å². The molecule has 0 fully saturated rings. The van der Waals surface area contributed by atoms with Crippen LogP contribution in [0.5, 0.6) is 0 Å². The predicted molar refractivity (Wildman–Crippen MR) is 73.4 cm³/mol. The van der Waals surface area contributed by atoms with Crippen LogP contribution in [-0.2, 0) is 12.0 Å². The average molecular weight is 241 g/mol. The number of aromatic nitrogens is 1. The van der Waals surface area contributed by atoms with Gasteiger partial charge in [-0.2, -0.15) is 0 Å². The summed E-state index contributed by atoms with van der Waals surface area (Å²) in [6, 6.07) is 10.0. The van der Waals surface area contributed by atoms with Crippen LogP contribution in [0.2, 0.25) is 0 Å². The van der Waals surface area contributed by atoms with Gasteiger partial charge >= 0.3 is 0 Å². The van der Waals surface area contributed by atoms with Crippen molar-refractivity contribution in [1.29, 1.82) is 0 Å². The van der Waals surface area contributed by atoms with Gasteiger partial charge in [-0.1, -0.05) is 24.3 Å². The number of aliphatic hydroxyl groups is 1. The maximum Gasteiger partial charge on any atom is 0.0909 e. The zero-order chi connectivity index (χ0) is 13.2. The molecule has 1 N–H and O–H groups in total. The Morgan fingerprint density at radius 2 is 1.94 bits per heavy atom. The quantitative estimate of drug-likeness (QED) is 0.895. The van der Waals surface area contributed by atoms with Crippen LogP contribution in [0.3, 0.4) is 0 Å². The molecule has 1 aromatic heterocycles. The number of hydrogen-bond donors (Lipinski definition) is 1. The van der Waals surface area contributed by atoms with Gasteiger partial charge in [0.05, 0.1) is 5.60 Å². The molecule has 18 heavy (non-hydrogen) atoms. The third-order valence-corrected chi connectivity index (χ3v) is 3.40. The van der Waals surface area contributed by atoms with E-state index in [1.807, 2.05) is 25.1 Å². The molecule has 0 aliphatic carbocycles. The normalized spacial score (nSPS) is 14.2. The van der Waals surface area contributed by atoms with Crippen LogP contribution in [-0.4, -0.2) is 10.1 Å². The summed E-state index contributed by atoms with van der Waals surface area (Å²) < 4.78 is 0. The molecule has 2 nitrogen and oxygen atoms in total. The van der Waals surface area contributed by atoms with Gasteiger partial charge in [-0.05, 0) is 49.1 Å². The number of pyridine rings is 1. The van der Waals surface area contributed by atoms with Crippen molar-refractivity contribution in [2.24, 2.45) is 0 Å². The first-order valence-corrected chi connectivity index (χ1v) is 6.18. The summed E-state index contributed by atoms with van der Waals surface area (Å²) in [7, 11) is 0. The molecule has 0 radical (unpaired) electrons. The Balaban J connectivity index is 2.27. The molecule has 1 atom stereocenters. The summed E-state index contributed by atoms with van der Waals surface area (Å²) >= 11 is 0. The van der Waals surface area contributed by atoms with Crippen molar-refractivity contribution in [2.45, 2.75) is 32.8 Å². The van der Waals surface area contributed by atoms with Crippen LogP contribution in [0.15, 0.2) is 42.7 Å². The molecule has 0 spiro atoms. The second-order valence-electron chi connectivity index (χ2n) is 5.11. The van der Waals surface area contributed by atoms with Crippen LogP contribution >= 0.6 is 0 Å². The lowest BCUT2D eigenvalue weighted by Gasteiger charge is -2.24. The van der Waals surface area contributed by atoms with Gasteiger partial charge in [0.1, 0.15) is 0 Å². The zero-order valence-electron chi connectivity index (χ0n) is 11.1. The summed E-state index contributed by atoms with van der Waals surface area (Å²) in [6.07, 6.45) is 4.12. The molecular weight excluding hydrogens is 222 g/mol. The molecule has 94 valence electrons. The van der Waals surface area contributed by atoms with Gasteiger partial charge < -0.3 is 5.11 Å². The topological polar surface area (TPSA) is 33.1 Å². The second-order valence-corrected chi connectivity index (χ2v) is 5.11.